The molecule has 7 heteroatoms. The third kappa shape index (κ3) is 4.08. The molecule has 1 aliphatic rings. The topological polar surface area (TPSA) is 95.9 Å². The van der Waals surface area contributed by atoms with Crippen molar-refractivity contribution in [2.75, 3.05) is 25.5 Å². The van der Waals surface area contributed by atoms with Crippen LogP contribution in [0.25, 0.3) is 0 Å². The number of likely N-dealkylation sites (tertiary alicyclic amines) is 1. The number of carbonyl (C=O) groups is 3. The normalized spacial score (nSPS) is 16.0. The number of rotatable bonds is 5. The van der Waals surface area contributed by atoms with Gasteiger partial charge in [0.2, 0.25) is 0 Å². The van der Waals surface area contributed by atoms with E-state index in [0.717, 1.165) is 0 Å². The summed E-state index contributed by atoms with van der Waals surface area (Å²) in [7, 11) is 1.55. The highest BCUT2D eigenvalue weighted by atomic mass is 16.5. The van der Waals surface area contributed by atoms with Crippen molar-refractivity contribution >= 4 is 23.5 Å². The highest BCUT2D eigenvalue weighted by Gasteiger charge is 2.32. The number of nitrogens with zero attached hydrogens (tertiary/aromatic N) is 1. The van der Waals surface area contributed by atoms with Gasteiger partial charge >= 0.3 is 5.97 Å². The molecule has 1 unspecified atom stereocenters. The van der Waals surface area contributed by atoms with Crippen molar-refractivity contribution in [1.29, 1.82) is 0 Å². The van der Waals surface area contributed by atoms with Gasteiger partial charge in [-0.3, -0.25) is 14.4 Å². The van der Waals surface area contributed by atoms with Gasteiger partial charge < -0.3 is 20.1 Å². The number of aliphatic carboxylic acids is 1. The maximum absolute atomic E-state index is 12.8. The van der Waals surface area contributed by atoms with Crippen molar-refractivity contribution in [3.05, 3.63) is 59.7 Å². The number of amides is 2. The molecule has 7 nitrogen and oxygen atoms in total. The number of methoxy groups -OCH3 is 1. The fourth-order valence-corrected chi connectivity index (χ4v) is 3.03. The van der Waals surface area contributed by atoms with Crippen LogP contribution in [0.2, 0.25) is 0 Å². The van der Waals surface area contributed by atoms with Crippen molar-refractivity contribution in [2.24, 2.45) is 5.92 Å². The fraction of sp³-hybridized carbons (Fsp3) is 0.250. The van der Waals surface area contributed by atoms with Gasteiger partial charge in [-0.25, -0.2) is 0 Å². The van der Waals surface area contributed by atoms with E-state index in [1.54, 1.807) is 55.6 Å². The highest BCUT2D eigenvalue weighted by molar-refractivity contribution is 6.09. The van der Waals surface area contributed by atoms with E-state index in [1.165, 1.54) is 4.90 Å². The smallest absolute Gasteiger partial charge is 0.308 e. The van der Waals surface area contributed by atoms with E-state index in [9.17, 15) is 14.4 Å². The molecule has 0 aromatic heterocycles. The molecule has 1 atom stereocenters. The number of benzene rings is 2. The minimum absolute atomic E-state index is 0.176. The lowest BCUT2D eigenvalue weighted by atomic mass is 10.1. The number of para-hydroxylation sites is 1. The van der Waals surface area contributed by atoms with Crippen LogP contribution >= 0.6 is 0 Å². The highest BCUT2D eigenvalue weighted by Crippen LogP contribution is 2.23. The first-order chi connectivity index (χ1) is 13.0. The van der Waals surface area contributed by atoms with Gasteiger partial charge in [0.15, 0.2) is 0 Å². The molecule has 3 rings (SSSR count). The van der Waals surface area contributed by atoms with Gasteiger partial charge in [0.25, 0.3) is 11.8 Å². The Morgan fingerprint density at radius 1 is 1.11 bits per heavy atom. The molecule has 27 heavy (non-hydrogen) atoms. The predicted octanol–water partition coefficient (Wildman–Crippen LogP) is 2.49. The van der Waals surface area contributed by atoms with E-state index in [4.69, 9.17) is 9.84 Å². The van der Waals surface area contributed by atoms with E-state index in [2.05, 4.69) is 5.32 Å². The molecule has 1 aliphatic heterocycles. The van der Waals surface area contributed by atoms with Gasteiger partial charge in [-0.15, -0.1) is 0 Å². The van der Waals surface area contributed by atoms with Crippen LogP contribution in [-0.2, 0) is 4.79 Å². The average Bonchev–Trinajstić information content (AvgIpc) is 3.18. The molecule has 140 valence electrons. The summed E-state index contributed by atoms with van der Waals surface area (Å²) < 4.78 is 5.08. The second-order valence-corrected chi connectivity index (χ2v) is 6.30. The Morgan fingerprint density at radius 2 is 1.81 bits per heavy atom. The molecule has 1 heterocycles. The number of carboxylic acid groups (broad SMARTS) is 1. The van der Waals surface area contributed by atoms with Crippen LogP contribution in [0, 0.1) is 5.92 Å². The molecule has 2 N–H and O–H groups in total. The quantitative estimate of drug-likeness (QED) is 0.845. The van der Waals surface area contributed by atoms with Gasteiger partial charge in [0.1, 0.15) is 5.75 Å². The summed E-state index contributed by atoms with van der Waals surface area (Å²) in [6.07, 6.45) is 0.432. The Bertz CT molecular complexity index is 863. The zero-order valence-corrected chi connectivity index (χ0v) is 14.8. The van der Waals surface area contributed by atoms with E-state index < -0.39 is 11.9 Å². The van der Waals surface area contributed by atoms with E-state index in [0.29, 0.717) is 35.5 Å². The maximum Gasteiger partial charge on any atom is 0.308 e. The van der Waals surface area contributed by atoms with Gasteiger partial charge in [-0.2, -0.15) is 0 Å². The lowest BCUT2D eigenvalue weighted by Crippen LogP contribution is -2.30. The first-order valence-corrected chi connectivity index (χ1v) is 8.56. The Labute approximate surface area is 156 Å². The van der Waals surface area contributed by atoms with Crippen molar-refractivity contribution in [2.45, 2.75) is 6.42 Å². The molecule has 0 radical (unpaired) electrons. The molecule has 0 aliphatic carbocycles. The summed E-state index contributed by atoms with van der Waals surface area (Å²) in [6.45, 7) is 0.561. The number of nitrogens with one attached hydrogen (secondary N) is 1. The van der Waals surface area contributed by atoms with Crippen LogP contribution in [0.4, 0.5) is 5.69 Å². The van der Waals surface area contributed by atoms with E-state index in [-0.39, 0.29) is 18.4 Å². The number of ether oxygens (including phenoxy) is 1. The summed E-state index contributed by atoms with van der Waals surface area (Å²) in [5.41, 5.74) is 1.16. The number of hydrogen-bond donors (Lipinski definition) is 2. The van der Waals surface area contributed by atoms with Crippen LogP contribution in [0.3, 0.4) is 0 Å². The van der Waals surface area contributed by atoms with Crippen molar-refractivity contribution < 1.29 is 24.2 Å². The first kappa shape index (κ1) is 18.4. The van der Waals surface area contributed by atoms with Gasteiger partial charge in [-0.05, 0) is 42.8 Å². The number of carbonyl (C=O) groups excluding carboxylic acids is 2. The van der Waals surface area contributed by atoms with Crippen LogP contribution in [0.1, 0.15) is 27.1 Å². The molecule has 2 aromatic carbocycles. The average molecular weight is 368 g/mol. The minimum atomic E-state index is -0.897. The minimum Gasteiger partial charge on any atom is -0.497 e. The second kappa shape index (κ2) is 7.90. The molecule has 0 saturated carbocycles. The molecule has 1 saturated heterocycles. The lowest BCUT2D eigenvalue weighted by molar-refractivity contribution is -0.141. The zero-order chi connectivity index (χ0) is 19.4. The second-order valence-electron chi connectivity index (χ2n) is 6.30. The van der Waals surface area contributed by atoms with Crippen LogP contribution in [0.15, 0.2) is 48.5 Å². The molecule has 2 aromatic rings. The summed E-state index contributed by atoms with van der Waals surface area (Å²) in [5, 5.41) is 11.9. The van der Waals surface area contributed by atoms with Gasteiger partial charge in [0, 0.05) is 18.7 Å². The van der Waals surface area contributed by atoms with E-state index in [1.807, 2.05) is 0 Å². The molecular weight excluding hydrogens is 348 g/mol. The SMILES string of the molecule is COc1ccc(C(=O)Nc2ccccc2C(=O)N2CCC(C(=O)O)C2)cc1. The fourth-order valence-electron chi connectivity index (χ4n) is 3.03. The lowest BCUT2D eigenvalue weighted by Gasteiger charge is -2.18. The number of hydrogen-bond acceptors (Lipinski definition) is 4. The Morgan fingerprint density at radius 3 is 2.44 bits per heavy atom. The molecule has 1 fully saturated rings. The summed E-state index contributed by atoms with van der Waals surface area (Å²) >= 11 is 0. The van der Waals surface area contributed by atoms with Crippen molar-refractivity contribution in [3.8, 4) is 5.75 Å². The first-order valence-electron chi connectivity index (χ1n) is 8.56. The van der Waals surface area contributed by atoms with Crippen molar-refractivity contribution in [1.82, 2.24) is 4.90 Å². The Kier molecular flexibility index (Phi) is 5.40. The van der Waals surface area contributed by atoms with Crippen LogP contribution in [0.5, 0.6) is 5.75 Å². The summed E-state index contributed by atoms with van der Waals surface area (Å²) in [5.74, 6) is -1.43. The third-order valence-electron chi connectivity index (χ3n) is 4.58. The van der Waals surface area contributed by atoms with Gasteiger partial charge in [0.05, 0.1) is 24.3 Å². The molecule has 2 amide bonds. The predicted molar refractivity (Wildman–Crippen MR) is 99.0 cm³/mol. The van der Waals surface area contributed by atoms with Crippen LogP contribution in [-0.4, -0.2) is 48.0 Å². The van der Waals surface area contributed by atoms with Crippen LogP contribution < -0.4 is 10.1 Å². The standard InChI is InChI=1S/C20H20N2O5/c1-27-15-8-6-13(7-9-15)18(23)21-17-5-3-2-4-16(17)19(24)22-11-10-14(12-22)20(25)26/h2-9,14H,10-12H2,1H3,(H,21,23)(H,25,26). The summed E-state index contributed by atoms with van der Waals surface area (Å²) in [6, 6.07) is 13.3. The number of anilines is 1. The third-order valence-corrected chi connectivity index (χ3v) is 4.58. The van der Waals surface area contributed by atoms with Gasteiger partial charge in [-0.1, -0.05) is 12.1 Å². The Hall–Kier alpha value is -3.35. The summed E-state index contributed by atoms with van der Waals surface area (Å²) in [4.78, 5) is 37.9. The number of carboxylic acids is 1. The Balaban J connectivity index is 1.76. The molecular formula is C20H20N2O5. The van der Waals surface area contributed by atoms with E-state index >= 15 is 0 Å². The monoisotopic (exact) mass is 368 g/mol. The molecule has 0 bridgehead atoms. The zero-order valence-electron chi connectivity index (χ0n) is 14.8. The molecule has 0 spiro atoms. The van der Waals surface area contributed by atoms with Crippen molar-refractivity contribution in [3.63, 3.8) is 0 Å². The maximum atomic E-state index is 12.8. The largest absolute Gasteiger partial charge is 0.497 e.